The van der Waals surface area contributed by atoms with E-state index in [2.05, 4.69) is 10.3 Å². The molecule has 2 nitrogen and oxygen atoms in total. The van der Waals surface area contributed by atoms with Crippen molar-refractivity contribution in [2.45, 2.75) is 0 Å². The Kier molecular flexibility index (Phi) is 0.602. The molecule has 0 aromatic carbocycles. The van der Waals surface area contributed by atoms with Gasteiger partial charge in [0.05, 0.1) is 12.4 Å². The highest BCUT2D eigenvalue weighted by molar-refractivity contribution is 5.75. The number of hydrogen-bond donors (Lipinski definition) is 0. The third-order valence-corrected chi connectivity index (χ3v) is 0.429. The first-order chi connectivity index (χ1) is 2.89. The first-order valence-electron chi connectivity index (χ1n) is 1.49. The van der Waals surface area contributed by atoms with E-state index in [1.807, 2.05) is 0 Å². The van der Waals surface area contributed by atoms with Gasteiger partial charge in [-0.1, -0.05) is 0 Å². The first kappa shape index (κ1) is 3.33. The minimum atomic E-state index is -0.657. The van der Waals surface area contributed by atoms with Crippen LogP contribution in [0.3, 0.4) is 0 Å². The summed E-state index contributed by atoms with van der Waals surface area (Å²) in [7, 11) is 0. The SMILES string of the molecule is FC1=NC=C[N]1. The molecule has 0 bridgehead atoms. The predicted octanol–water partition coefficient (Wildman–Crippen LogP) is 0.401. The fourth-order valence-electron chi connectivity index (χ4n) is 0.223. The summed E-state index contributed by atoms with van der Waals surface area (Å²) in [6.45, 7) is 0. The number of rotatable bonds is 0. The Labute approximate surface area is 34.4 Å². The summed E-state index contributed by atoms with van der Waals surface area (Å²) < 4.78 is 11.4. The van der Waals surface area contributed by atoms with Crippen molar-refractivity contribution in [3.63, 3.8) is 0 Å². The topological polar surface area (TPSA) is 26.5 Å². The van der Waals surface area contributed by atoms with Gasteiger partial charge in [0.15, 0.2) is 0 Å². The number of amidine groups is 1. The normalized spacial score (nSPS) is 17.2. The molecule has 3 heteroatoms. The molecule has 0 amide bonds. The smallest absolute Gasteiger partial charge is 0.209 e. The number of aliphatic imine (C=N–C) groups is 1. The summed E-state index contributed by atoms with van der Waals surface area (Å²) >= 11 is 0. The zero-order valence-electron chi connectivity index (χ0n) is 2.93. The lowest BCUT2D eigenvalue weighted by Crippen LogP contribution is -1.95. The first-order valence-corrected chi connectivity index (χ1v) is 1.49. The summed E-state index contributed by atoms with van der Waals surface area (Å²) in [6.07, 6.45) is 1.94. The molecule has 0 atom stereocenters. The molecule has 1 aliphatic heterocycles. The van der Waals surface area contributed by atoms with E-state index < -0.39 is 6.09 Å². The van der Waals surface area contributed by atoms with Gasteiger partial charge >= 0.3 is 6.09 Å². The average molecular weight is 85.1 g/mol. The standard InChI is InChI=1S/C3H2FN2/c4-3-5-1-2-6-3/h1-2H. The van der Waals surface area contributed by atoms with E-state index in [9.17, 15) is 4.39 Å². The van der Waals surface area contributed by atoms with Crippen LogP contribution >= 0.6 is 0 Å². The van der Waals surface area contributed by atoms with Crippen molar-refractivity contribution in [2.75, 3.05) is 0 Å². The van der Waals surface area contributed by atoms with Gasteiger partial charge in [0.25, 0.3) is 0 Å². The molecule has 0 aromatic rings. The second-order valence-corrected chi connectivity index (χ2v) is 0.825. The van der Waals surface area contributed by atoms with E-state index >= 15 is 0 Å². The highest BCUT2D eigenvalue weighted by Gasteiger charge is 1.94. The molecule has 0 N–H and O–H groups in total. The van der Waals surface area contributed by atoms with Gasteiger partial charge < -0.3 is 0 Å². The van der Waals surface area contributed by atoms with Gasteiger partial charge in [-0.25, -0.2) is 10.3 Å². The lowest BCUT2D eigenvalue weighted by atomic mass is 11.0. The Morgan fingerprint density at radius 2 is 2.33 bits per heavy atom. The molecule has 1 heterocycles. The second-order valence-electron chi connectivity index (χ2n) is 0.825. The van der Waals surface area contributed by atoms with Crippen LogP contribution in [0.25, 0.3) is 0 Å². The van der Waals surface area contributed by atoms with E-state index in [1.54, 1.807) is 0 Å². The molecule has 0 unspecified atom stereocenters. The lowest BCUT2D eigenvalue weighted by molar-refractivity contribution is 0.767. The summed E-state index contributed by atoms with van der Waals surface area (Å²) in [5.41, 5.74) is 0. The zero-order valence-corrected chi connectivity index (χ0v) is 2.93. The van der Waals surface area contributed by atoms with Gasteiger partial charge in [-0.3, -0.25) is 0 Å². The van der Waals surface area contributed by atoms with Crippen molar-refractivity contribution in [2.24, 2.45) is 4.99 Å². The maximum absolute atomic E-state index is 11.4. The van der Waals surface area contributed by atoms with E-state index in [0.717, 1.165) is 0 Å². The van der Waals surface area contributed by atoms with Crippen molar-refractivity contribution >= 4 is 6.09 Å². The Morgan fingerprint density at radius 3 is 2.50 bits per heavy atom. The molecule has 0 aromatic heterocycles. The van der Waals surface area contributed by atoms with Crippen LogP contribution in [0.5, 0.6) is 0 Å². The van der Waals surface area contributed by atoms with Crippen molar-refractivity contribution in [3.8, 4) is 0 Å². The Bertz CT molecular complexity index is 105. The summed E-state index contributed by atoms with van der Waals surface area (Å²) in [5.74, 6) is 0. The molecule has 0 spiro atoms. The Balaban J connectivity index is 2.61. The fourth-order valence-corrected chi connectivity index (χ4v) is 0.223. The maximum atomic E-state index is 11.4. The van der Waals surface area contributed by atoms with Crippen LogP contribution in [0.15, 0.2) is 17.4 Å². The minimum absolute atomic E-state index is 0.657. The van der Waals surface area contributed by atoms with Gasteiger partial charge in [-0.2, -0.15) is 4.39 Å². The van der Waals surface area contributed by atoms with Crippen LogP contribution in [0.2, 0.25) is 0 Å². The lowest BCUT2D eigenvalue weighted by Gasteiger charge is -1.72. The molecular weight excluding hydrogens is 83.0 g/mol. The van der Waals surface area contributed by atoms with Crippen LogP contribution in [-0.4, -0.2) is 6.09 Å². The van der Waals surface area contributed by atoms with E-state index in [-0.39, 0.29) is 0 Å². The van der Waals surface area contributed by atoms with Crippen LogP contribution in [0.4, 0.5) is 4.39 Å². The van der Waals surface area contributed by atoms with Gasteiger partial charge in [0, 0.05) is 0 Å². The number of hydrogen-bond acceptors (Lipinski definition) is 1. The van der Waals surface area contributed by atoms with Gasteiger partial charge in [0.2, 0.25) is 0 Å². The highest BCUT2D eigenvalue weighted by atomic mass is 19.1. The predicted molar refractivity (Wildman–Crippen MR) is 19.8 cm³/mol. The van der Waals surface area contributed by atoms with Gasteiger partial charge in [0.1, 0.15) is 0 Å². The van der Waals surface area contributed by atoms with Crippen LogP contribution in [0.1, 0.15) is 0 Å². The van der Waals surface area contributed by atoms with Crippen LogP contribution < -0.4 is 5.32 Å². The molecule has 0 aliphatic carbocycles. The highest BCUT2D eigenvalue weighted by Crippen LogP contribution is 1.87. The van der Waals surface area contributed by atoms with Crippen molar-refractivity contribution < 1.29 is 4.39 Å². The monoisotopic (exact) mass is 85.0 g/mol. The minimum Gasteiger partial charge on any atom is -0.209 e. The second kappa shape index (κ2) is 1.08. The molecular formula is C3H2FN2. The Hall–Kier alpha value is -0.860. The molecule has 6 heavy (non-hydrogen) atoms. The van der Waals surface area contributed by atoms with Crippen LogP contribution in [0, 0.1) is 0 Å². The van der Waals surface area contributed by atoms with Gasteiger partial charge in [-0.05, 0) is 0 Å². The van der Waals surface area contributed by atoms with Crippen LogP contribution in [-0.2, 0) is 0 Å². The summed E-state index contributed by atoms with van der Waals surface area (Å²) in [4.78, 5) is 3.14. The molecule has 0 saturated heterocycles. The third kappa shape index (κ3) is 0.381. The fraction of sp³-hybridized carbons (Fsp3) is 0. The molecule has 0 saturated carbocycles. The van der Waals surface area contributed by atoms with Crippen molar-refractivity contribution in [3.05, 3.63) is 12.4 Å². The number of nitrogens with zero attached hydrogens (tertiary/aromatic N) is 2. The molecule has 0 fully saturated rings. The maximum Gasteiger partial charge on any atom is 0.308 e. The molecule has 1 radical (unpaired) electrons. The van der Waals surface area contributed by atoms with E-state index in [1.165, 1.54) is 12.4 Å². The average Bonchev–Trinajstić information content (AvgIpc) is 1.86. The Morgan fingerprint density at radius 1 is 1.50 bits per heavy atom. The zero-order chi connectivity index (χ0) is 4.41. The summed E-state index contributed by atoms with van der Waals surface area (Å²) in [5, 5.41) is 3.14. The van der Waals surface area contributed by atoms with Gasteiger partial charge in [-0.15, -0.1) is 0 Å². The number of halogens is 1. The third-order valence-electron chi connectivity index (χ3n) is 0.429. The largest absolute Gasteiger partial charge is 0.308 e. The van der Waals surface area contributed by atoms with Crippen molar-refractivity contribution in [1.82, 2.24) is 5.32 Å². The quantitative estimate of drug-likeness (QED) is 0.381. The van der Waals surface area contributed by atoms with E-state index in [4.69, 9.17) is 0 Å². The molecule has 1 rings (SSSR count). The molecule has 1 aliphatic rings. The van der Waals surface area contributed by atoms with E-state index in [0.29, 0.717) is 0 Å². The van der Waals surface area contributed by atoms with Crippen molar-refractivity contribution in [1.29, 1.82) is 0 Å². The molecule has 31 valence electrons. The summed E-state index contributed by atoms with van der Waals surface area (Å²) in [6, 6.07) is 0.